The lowest BCUT2D eigenvalue weighted by molar-refractivity contribution is 0.0526. The molecule has 0 aromatic heterocycles. The highest BCUT2D eigenvalue weighted by atomic mass is 16.5. The summed E-state index contributed by atoms with van der Waals surface area (Å²) in [5.41, 5.74) is 4.52. The van der Waals surface area contributed by atoms with Crippen molar-refractivity contribution >= 4 is 5.97 Å². The van der Waals surface area contributed by atoms with E-state index in [1.54, 1.807) is 31.2 Å². The van der Waals surface area contributed by atoms with Crippen LogP contribution in [0.25, 0.3) is 0 Å². The van der Waals surface area contributed by atoms with Gasteiger partial charge < -0.3 is 20.1 Å². The summed E-state index contributed by atoms with van der Waals surface area (Å²) in [7, 11) is 0. The SMILES string of the molecule is CCOC(=O)c1cc(Cc2cc(C(C)(C)C)ccc2O)c(O)c(Cc2cc(C(C)(C)C)ccc2O)c1. The number of phenolic OH excluding ortho intramolecular Hbond substituents is 3. The van der Waals surface area contributed by atoms with Crippen LogP contribution in [0.4, 0.5) is 0 Å². The summed E-state index contributed by atoms with van der Waals surface area (Å²) >= 11 is 0. The minimum absolute atomic E-state index is 0.0316. The fraction of sp³-hybridized carbons (Fsp3) is 0.387. The minimum Gasteiger partial charge on any atom is -0.508 e. The Balaban J connectivity index is 2.11. The predicted octanol–water partition coefficient (Wildman–Crippen LogP) is 6.76. The average molecular weight is 491 g/mol. The Morgan fingerprint density at radius 2 is 1.11 bits per heavy atom. The molecule has 0 spiro atoms. The molecule has 0 bridgehead atoms. The summed E-state index contributed by atoms with van der Waals surface area (Å²) in [6, 6.07) is 14.2. The Kier molecular flexibility index (Phi) is 7.73. The molecule has 36 heavy (non-hydrogen) atoms. The molecule has 0 amide bonds. The molecule has 3 rings (SSSR count). The molecule has 0 saturated heterocycles. The highest BCUT2D eigenvalue weighted by molar-refractivity contribution is 5.90. The largest absolute Gasteiger partial charge is 0.508 e. The molecule has 0 unspecified atom stereocenters. The number of hydrogen-bond donors (Lipinski definition) is 3. The lowest BCUT2D eigenvalue weighted by atomic mass is 9.84. The molecule has 0 aliphatic heterocycles. The van der Waals surface area contributed by atoms with E-state index in [1.165, 1.54) is 0 Å². The topological polar surface area (TPSA) is 87.0 Å². The van der Waals surface area contributed by atoms with E-state index in [0.29, 0.717) is 27.8 Å². The Morgan fingerprint density at radius 3 is 1.47 bits per heavy atom. The van der Waals surface area contributed by atoms with Crippen molar-refractivity contribution in [3.63, 3.8) is 0 Å². The second kappa shape index (κ2) is 10.3. The number of rotatable bonds is 6. The van der Waals surface area contributed by atoms with Gasteiger partial charge in [0.1, 0.15) is 17.2 Å². The lowest BCUT2D eigenvalue weighted by Gasteiger charge is -2.21. The van der Waals surface area contributed by atoms with Gasteiger partial charge in [-0.25, -0.2) is 4.79 Å². The molecule has 0 aliphatic rings. The second-order valence-electron chi connectivity index (χ2n) is 11.4. The number of phenols is 3. The van der Waals surface area contributed by atoms with Crippen LogP contribution in [0.3, 0.4) is 0 Å². The van der Waals surface area contributed by atoms with Gasteiger partial charge in [-0.3, -0.25) is 0 Å². The van der Waals surface area contributed by atoms with Crippen LogP contribution in [0.15, 0.2) is 48.5 Å². The molecule has 0 atom stereocenters. The van der Waals surface area contributed by atoms with Gasteiger partial charge in [-0.1, -0.05) is 65.8 Å². The first-order chi connectivity index (χ1) is 16.7. The molecule has 3 N–H and O–H groups in total. The number of carbonyl (C=O) groups excluding carboxylic acids is 1. The van der Waals surface area contributed by atoms with Gasteiger partial charge in [0.05, 0.1) is 12.2 Å². The van der Waals surface area contributed by atoms with Crippen LogP contribution in [0.1, 0.15) is 92.2 Å². The normalized spacial score (nSPS) is 12.0. The number of aromatic hydroxyl groups is 3. The molecule has 0 radical (unpaired) electrons. The lowest BCUT2D eigenvalue weighted by Crippen LogP contribution is -2.12. The van der Waals surface area contributed by atoms with Gasteiger partial charge >= 0.3 is 5.97 Å². The van der Waals surface area contributed by atoms with Gasteiger partial charge in [0.25, 0.3) is 0 Å². The Labute approximate surface area is 214 Å². The second-order valence-corrected chi connectivity index (χ2v) is 11.4. The number of carbonyl (C=O) groups is 1. The van der Waals surface area contributed by atoms with Crippen LogP contribution < -0.4 is 0 Å². The van der Waals surface area contributed by atoms with E-state index in [2.05, 4.69) is 41.5 Å². The smallest absolute Gasteiger partial charge is 0.338 e. The van der Waals surface area contributed by atoms with Crippen molar-refractivity contribution in [2.75, 3.05) is 6.61 Å². The molecule has 5 heteroatoms. The summed E-state index contributed by atoms with van der Waals surface area (Å²) in [5.74, 6) is -0.202. The molecule has 0 saturated carbocycles. The van der Waals surface area contributed by atoms with Crippen LogP contribution in [0.5, 0.6) is 17.2 Å². The first-order valence-electron chi connectivity index (χ1n) is 12.4. The molecular formula is C31H38O5. The van der Waals surface area contributed by atoms with Gasteiger partial charge in [-0.2, -0.15) is 0 Å². The monoisotopic (exact) mass is 490 g/mol. The van der Waals surface area contributed by atoms with Crippen LogP contribution in [0, 0.1) is 0 Å². The first kappa shape index (κ1) is 27.1. The van der Waals surface area contributed by atoms with E-state index < -0.39 is 5.97 Å². The summed E-state index contributed by atoms with van der Waals surface area (Å²) in [4.78, 5) is 12.7. The first-order valence-corrected chi connectivity index (χ1v) is 12.4. The van der Waals surface area contributed by atoms with Gasteiger partial charge in [0.15, 0.2) is 0 Å². The maximum atomic E-state index is 12.7. The predicted molar refractivity (Wildman–Crippen MR) is 143 cm³/mol. The number of esters is 1. The maximum absolute atomic E-state index is 12.7. The van der Waals surface area contributed by atoms with Gasteiger partial charge in [-0.15, -0.1) is 0 Å². The molecule has 0 fully saturated rings. The van der Waals surface area contributed by atoms with Crippen molar-refractivity contribution in [1.29, 1.82) is 0 Å². The van der Waals surface area contributed by atoms with E-state index in [9.17, 15) is 20.1 Å². The summed E-state index contributed by atoms with van der Waals surface area (Å²) in [6.07, 6.45) is 0.464. The molecule has 5 nitrogen and oxygen atoms in total. The maximum Gasteiger partial charge on any atom is 0.338 e. The van der Waals surface area contributed by atoms with Crippen molar-refractivity contribution in [2.24, 2.45) is 0 Å². The third kappa shape index (κ3) is 6.20. The number of benzene rings is 3. The van der Waals surface area contributed by atoms with Gasteiger partial charge in [0.2, 0.25) is 0 Å². The van der Waals surface area contributed by atoms with E-state index in [-0.39, 0.29) is 47.5 Å². The zero-order valence-corrected chi connectivity index (χ0v) is 22.4. The highest BCUT2D eigenvalue weighted by Gasteiger charge is 2.21. The van der Waals surface area contributed by atoms with Crippen LogP contribution in [0.2, 0.25) is 0 Å². The molecular weight excluding hydrogens is 452 g/mol. The number of ether oxygens (including phenoxy) is 1. The van der Waals surface area contributed by atoms with Crippen LogP contribution >= 0.6 is 0 Å². The van der Waals surface area contributed by atoms with Crippen molar-refractivity contribution in [3.8, 4) is 17.2 Å². The van der Waals surface area contributed by atoms with E-state index in [0.717, 1.165) is 11.1 Å². The van der Waals surface area contributed by atoms with Crippen molar-refractivity contribution < 1.29 is 24.9 Å². The summed E-state index contributed by atoms with van der Waals surface area (Å²) < 4.78 is 5.23. The number of hydrogen-bond acceptors (Lipinski definition) is 5. The zero-order chi connectivity index (χ0) is 26.8. The van der Waals surface area contributed by atoms with Gasteiger partial charge in [-0.05, 0) is 75.4 Å². The third-order valence-electron chi connectivity index (χ3n) is 6.43. The molecule has 192 valence electrons. The third-order valence-corrected chi connectivity index (χ3v) is 6.43. The Hall–Kier alpha value is -3.47. The summed E-state index contributed by atoms with van der Waals surface area (Å²) in [5, 5.41) is 32.4. The molecule has 0 aliphatic carbocycles. The zero-order valence-electron chi connectivity index (χ0n) is 22.4. The fourth-order valence-electron chi connectivity index (χ4n) is 4.16. The van der Waals surface area contributed by atoms with Gasteiger partial charge in [0, 0.05) is 12.8 Å². The quantitative estimate of drug-likeness (QED) is 0.333. The molecule has 3 aromatic carbocycles. The summed E-state index contributed by atoms with van der Waals surface area (Å²) in [6.45, 7) is 14.5. The highest BCUT2D eigenvalue weighted by Crippen LogP contribution is 2.35. The Bertz CT molecular complexity index is 1170. The van der Waals surface area contributed by atoms with Crippen LogP contribution in [-0.2, 0) is 28.4 Å². The standard InChI is InChI=1S/C31H38O5/c1-8-36-29(35)23-15-21(13-19-17-24(30(2,3)4)9-11-26(19)32)28(34)22(16-23)14-20-18-25(31(5,6)7)10-12-27(20)33/h9-12,15-18,32-34H,8,13-14H2,1-7H3. The van der Waals surface area contributed by atoms with Crippen molar-refractivity contribution in [1.82, 2.24) is 0 Å². The van der Waals surface area contributed by atoms with Crippen LogP contribution in [-0.4, -0.2) is 27.9 Å². The minimum atomic E-state index is -0.486. The fourth-order valence-corrected chi connectivity index (χ4v) is 4.16. The van der Waals surface area contributed by atoms with E-state index >= 15 is 0 Å². The van der Waals surface area contributed by atoms with Crippen molar-refractivity contribution in [2.45, 2.75) is 72.1 Å². The van der Waals surface area contributed by atoms with Crippen molar-refractivity contribution in [3.05, 3.63) is 87.5 Å². The molecule has 3 aromatic rings. The van der Waals surface area contributed by atoms with E-state index in [1.807, 2.05) is 24.3 Å². The van der Waals surface area contributed by atoms with E-state index in [4.69, 9.17) is 4.74 Å². The molecule has 0 heterocycles. The average Bonchev–Trinajstić information content (AvgIpc) is 2.77. The Morgan fingerprint density at radius 1 is 0.694 bits per heavy atom.